The highest BCUT2D eigenvalue weighted by atomic mass is 32.1. The SMILES string of the molecule is COCC(=O)NCCOCCOCC(=O)N[C@H](CS)C(N)=O. The van der Waals surface area contributed by atoms with E-state index in [1.54, 1.807) is 0 Å². The number of methoxy groups -OCH3 is 1. The van der Waals surface area contributed by atoms with Gasteiger partial charge in [-0.25, -0.2) is 0 Å². The van der Waals surface area contributed by atoms with Gasteiger partial charge in [0.25, 0.3) is 0 Å². The third-order valence-electron chi connectivity index (χ3n) is 2.31. The maximum atomic E-state index is 11.4. The summed E-state index contributed by atoms with van der Waals surface area (Å²) in [6, 6.07) is -0.814. The van der Waals surface area contributed by atoms with Crippen LogP contribution in [-0.2, 0) is 28.6 Å². The molecule has 1 atom stereocenters. The number of rotatable bonds is 13. The number of hydrogen-bond donors (Lipinski definition) is 4. The second-order valence-corrected chi connectivity index (χ2v) is 4.52. The van der Waals surface area contributed by atoms with E-state index in [9.17, 15) is 14.4 Å². The van der Waals surface area contributed by atoms with Gasteiger partial charge in [0, 0.05) is 19.4 Å². The standard InChI is InChI=1S/C12H23N3O6S/c1-19-6-10(16)14-2-3-20-4-5-21-7-11(17)15-9(8-22)12(13)18/h9,22H,2-8H2,1H3,(H2,13,18)(H,14,16)(H,15,17)/t9-/m1/s1. The van der Waals surface area contributed by atoms with E-state index in [0.717, 1.165) is 0 Å². The first-order valence-corrected chi connectivity index (χ1v) is 7.25. The molecule has 0 bridgehead atoms. The molecular formula is C12H23N3O6S. The van der Waals surface area contributed by atoms with Crippen LogP contribution in [0.5, 0.6) is 0 Å². The monoisotopic (exact) mass is 337 g/mol. The lowest BCUT2D eigenvalue weighted by Gasteiger charge is -2.12. The van der Waals surface area contributed by atoms with Crippen LogP contribution in [0.1, 0.15) is 0 Å². The van der Waals surface area contributed by atoms with E-state index < -0.39 is 17.9 Å². The summed E-state index contributed by atoms with van der Waals surface area (Å²) in [6.45, 7) is 0.989. The number of primary amides is 1. The van der Waals surface area contributed by atoms with Crippen molar-refractivity contribution in [1.82, 2.24) is 10.6 Å². The molecule has 22 heavy (non-hydrogen) atoms. The molecule has 0 saturated carbocycles. The molecule has 9 nitrogen and oxygen atoms in total. The first-order chi connectivity index (χ1) is 10.5. The predicted molar refractivity (Wildman–Crippen MR) is 81.5 cm³/mol. The van der Waals surface area contributed by atoms with Gasteiger partial charge in [-0.05, 0) is 0 Å². The molecule has 0 aromatic carbocycles. The molecule has 4 N–H and O–H groups in total. The normalized spacial score (nSPS) is 11.7. The van der Waals surface area contributed by atoms with Gasteiger partial charge in [-0.15, -0.1) is 0 Å². The van der Waals surface area contributed by atoms with Crippen LogP contribution in [0, 0.1) is 0 Å². The molecule has 128 valence electrons. The summed E-state index contributed by atoms with van der Waals surface area (Å²) in [5.41, 5.74) is 5.06. The summed E-state index contributed by atoms with van der Waals surface area (Å²) in [5.74, 6) is -1.20. The minimum atomic E-state index is -0.814. The smallest absolute Gasteiger partial charge is 0.246 e. The Morgan fingerprint density at radius 2 is 1.77 bits per heavy atom. The third-order valence-corrected chi connectivity index (χ3v) is 2.68. The second kappa shape index (κ2) is 13.3. The van der Waals surface area contributed by atoms with E-state index in [1.165, 1.54) is 7.11 Å². The van der Waals surface area contributed by atoms with E-state index >= 15 is 0 Å². The fraction of sp³-hybridized carbons (Fsp3) is 0.750. The number of thiol groups is 1. The van der Waals surface area contributed by atoms with Crippen molar-refractivity contribution in [3.63, 3.8) is 0 Å². The average molecular weight is 337 g/mol. The van der Waals surface area contributed by atoms with Gasteiger partial charge in [0.2, 0.25) is 17.7 Å². The average Bonchev–Trinajstić information content (AvgIpc) is 2.47. The van der Waals surface area contributed by atoms with Crippen molar-refractivity contribution < 1.29 is 28.6 Å². The minimum absolute atomic E-state index is 0.0107. The lowest BCUT2D eigenvalue weighted by atomic mass is 10.3. The molecule has 0 spiro atoms. The van der Waals surface area contributed by atoms with E-state index in [2.05, 4.69) is 28.0 Å². The van der Waals surface area contributed by atoms with E-state index in [0.29, 0.717) is 13.2 Å². The first-order valence-electron chi connectivity index (χ1n) is 6.62. The highest BCUT2D eigenvalue weighted by Gasteiger charge is 2.15. The summed E-state index contributed by atoms with van der Waals surface area (Å²) < 4.78 is 14.9. The zero-order valence-corrected chi connectivity index (χ0v) is 13.4. The number of carbonyl (C=O) groups is 3. The lowest BCUT2D eigenvalue weighted by Crippen LogP contribution is -2.47. The van der Waals surface area contributed by atoms with Crippen LogP contribution < -0.4 is 16.4 Å². The molecule has 0 aromatic heterocycles. The Hall–Kier alpha value is -1.36. The number of amides is 3. The Bertz CT molecular complexity index is 356. The fourth-order valence-corrected chi connectivity index (χ4v) is 1.54. The van der Waals surface area contributed by atoms with Crippen molar-refractivity contribution in [3.8, 4) is 0 Å². The van der Waals surface area contributed by atoms with Crippen molar-refractivity contribution in [2.45, 2.75) is 6.04 Å². The summed E-state index contributed by atoms with van der Waals surface area (Å²) in [5, 5.41) is 4.97. The number of nitrogens with one attached hydrogen (secondary N) is 2. The van der Waals surface area contributed by atoms with Gasteiger partial charge in [0.15, 0.2) is 0 Å². The lowest BCUT2D eigenvalue weighted by molar-refractivity contribution is -0.130. The molecule has 0 rings (SSSR count). The van der Waals surface area contributed by atoms with Crippen molar-refractivity contribution >= 4 is 30.4 Å². The Labute approximate surface area is 134 Å². The Morgan fingerprint density at radius 3 is 2.36 bits per heavy atom. The minimum Gasteiger partial charge on any atom is -0.377 e. The molecule has 0 fully saturated rings. The molecule has 0 aliphatic rings. The topological polar surface area (TPSA) is 129 Å². The van der Waals surface area contributed by atoms with Crippen LogP contribution in [0.15, 0.2) is 0 Å². The maximum Gasteiger partial charge on any atom is 0.246 e. The summed E-state index contributed by atoms with van der Waals surface area (Å²) in [7, 11) is 1.44. The van der Waals surface area contributed by atoms with Gasteiger partial charge >= 0.3 is 0 Å². The van der Waals surface area contributed by atoms with E-state index in [-0.39, 0.29) is 38.1 Å². The fourth-order valence-electron chi connectivity index (χ4n) is 1.27. The molecule has 10 heteroatoms. The number of nitrogens with two attached hydrogens (primary N) is 1. The molecule has 0 aliphatic carbocycles. The molecule has 0 heterocycles. The predicted octanol–water partition coefficient (Wildman–Crippen LogP) is -2.32. The maximum absolute atomic E-state index is 11.4. The van der Waals surface area contributed by atoms with Crippen LogP contribution in [0.3, 0.4) is 0 Å². The van der Waals surface area contributed by atoms with Crippen molar-refractivity contribution in [2.75, 3.05) is 52.4 Å². The summed E-state index contributed by atoms with van der Waals surface area (Å²) in [6.07, 6.45) is 0. The molecule has 0 saturated heterocycles. The van der Waals surface area contributed by atoms with Gasteiger partial charge in [-0.2, -0.15) is 12.6 Å². The van der Waals surface area contributed by atoms with Crippen LogP contribution in [0.4, 0.5) is 0 Å². The van der Waals surface area contributed by atoms with Gasteiger partial charge in [-0.3, -0.25) is 14.4 Å². The van der Waals surface area contributed by atoms with Gasteiger partial charge in [0.05, 0.1) is 19.8 Å². The molecule has 3 amide bonds. The van der Waals surface area contributed by atoms with Crippen LogP contribution in [0.2, 0.25) is 0 Å². The largest absolute Gasteiger partial charge is 0.377 e. The van der Waals surface area contributed by atoms with Crippen molar-refractivity contribution in [2.24, 2.45) is 5.73 Å². The zero-order chi connectivity index (χ0) is 16.8. The van der Waals surface area contributed by atoms with E-state index in [1.807, 2.05) is 0 Å². The Kier molecular flexibility index (Phi) is 12.5. The molecular weight excluding hydrogens is 314 g/mol. The van der Waals surface area contributed by atoms with E-state index in [4.69, 9.17) is 15.2 Å². The van der Waals surface area contributed by atoms with Gasteiger partial charge in [0.1, 0.15) is 19.3 Å². The third kappa shape index (κ3) is 11.3. The molecule has 0 aliphatic heterocycles. The van der Waals surface area contributed by atoms with Crippen LogP contribution >= 0.6 is 12.6 Å². The number of ether oxygens (including phenoxy) is 3. The number of carbonyl (C=O) groups excluding carboxylic acids is 3. The highest BCUT2D eigenvalue weighted by molar-refractivity contribution is 7.80. The van der Waals surface area contributed by atoms with Crippen LogP contribution in [-0.4, -0.2) is 76.2 Å². The number of hydrogen-bond acceptors (Lipinski definition) is 7. The van der Waals surface area contributed by atoms with Gasteiger partial charge < -0.3 is 30.6 Å². The van der Waals surface area contributed by atoms with Crippen molar-refractivity contribution in [3.05, 3.63) is 0 Å². The first kappa shape index (κ1) is 20.6. The highest BCUT2D eigenvalue weighted by Crippen LogP contribution is 1.87. The second-order valence-electron chi connectivity index (χ2n) is 4.15. The quantitative estimate of drug-likeness (QED) is 0.221. The summed E-state index contributed by atoms with van der Waals surface area (Å²) in [4.78, 5) is 33.3. The molecule has 0 radical (unpaired) electrons. The molecule has 0 aromatic rings. The van der Waals surface area contributed by atoms with Crippen molar-refractivity contribution in [1.29, 1.82) is 0 Å². The zero-order valence-electron chi connectivity index (χ0n) is 12.5. The Morgan fingerprint density at radius 1 is 1.09 bits per heavy atom. The Balaban J connectivity index is 3.47. The molecule has 0 unspecified atom stereocenters. The van der Waals surface area contributed by atoms with Gasteiger partial charge in [-0.1, -0.05) is 0 Å². The van der Waals surface area contributed by atoms with Crippen LogP contribution in [0.25, 0.3) is 0 Å². The summed E-state index contributed by atoms with van der Waals surface area (Å²) >= 11 is 3.90.